The van der Waals surface area contributed by atoms with Crippen molar-refractivity contribution in [3.05, 3.63) is 0 Å². The molecule has 2 aliphatic heterocycles. The van der Waals surface area contributed by atoms with Crippen molar-refractivity contribution in [1.29, 1.82) is 0 Å². The highest BCUT2D eigenvalue weighted by molar-refractivity contribution is 7.80. The van der Waals surface area contributed by atoms with Gasteiger partial charge in [0.15, 0.2) is 5.11 Å². The first-order valence-corrected chi connectivity index (χ1v) is 7.61. The molecule has 0 saturated carbocycles. The molecule has 2 heterocycles. The van der Waals surface area contributed by atoms with Crippen LogP contribution in [0.2, 0.25) is 0 Å². The molecule has 4 nitrogen and oxygen atoms in total. The molecule has 5 heteroatoms. The molecule has 0 bridgehead atoms. The first kappa shape index (κ1) is 14.0. The van der Waals surface area contributed by atoms with Crippen LogP contribution in [0.1, 0.15) is 32.1 Å². The molecule has 2 fully saturated rings. The Balaban J connectivity index is 1.48. The van der Waals surface area contributed by atoms with E-state index in [1.807, 2.05) is 0 Å². The van der Waals surface area contributed by atoms with Crippen molar-refractivity contribution in [3.8, 4) is 0 Å². The lowest BCUT2D eigenvalue weighted by atomic mass is 10.1. The molecule has 2 aliphatic rings. The zero-order valence-corrected chi connectivity index (χ0v) is 11.9. The fraction of sp³-hybridized carbons (Fsp3) is 0.923. The van der Waals surface area contributed by atoms with Gasteiger partial charge in [0, 0.05) is 26.2 Å². The number of hydrogen-bond donors (Lipinski definition) is 2. The molecule has 0 unspecified atom stereocenters. The summed E-state index contributed by atoms with van der Waals surface area (Å²) >= 11 is 5.26. The molecular formula is C13H25N3OS. The number of rotatable bonds is 5. The van der Waals surface area contributed by atoms with Gasteiger partial charge < -0.3 is 20.3 Å². The topological polar surface area (TPSA) is 36.5 Å². The van der Waals surface area contributed by atoms with Crippen molar-refractivity contribution in [2.45, 2.75) is 38.2 Å². The minimum atomic E-state index is 0.354. The molecule has 2 N–H and O–H groups in total. The van der Waals surface area contributed by atoms with E-state index in [9.17, 15) is 0 Å². The van der Waals surface area contributed by atoms with Gasteiger partial charge in [-0.25, -0.2) is 0 Å². The van der Waals surface area contributed by atoms with Crippen LogP contribution < -0.4 is 10.6 Å². The highest BCUT2D eigenvalue weighted by Crippen LogP contribution is 2.10. The normalized spacial score (nSPS) is 25.0. The Hall–Kier alpha value is -0.390. The average Bonchev–Trinajstić information content (AvgIpc) is 2.91. The third-order valence-corrected chi connectivity index (χ3v) is 3.97. The molecule has 0 aromatic rings. The summed E-state index contributed by atoms with van der Waals surface area (Å²) in [7, 11) is 0. The van der Waals surface area contributed by atoms with Crippen LogP contribution in [0, 0.1) is 0 Å². The number of hydrogen-bond acceptors (Lipinski definition) is 3. The molecule has 0 aromatic heterocycles. The first-order valence-electron chi connectivity index (χ1n) is 7.20. The summed E-state index contributed by atoms with van der Waals surface area (Å²) in [5.74, 6) is 0. The maximum Gasteiger partial charge on any atom is 0.166 e. The van der Waals surface area contributed by atoms with E-state index in [2.05, 4.69) is 15.5 Å². The molecule has 18 heavy (non-hydrogen) atoms. The Kier molecular flexibility index (Phi) is 6.17. The van der Waals surface area contributed by atoms with E-state index in [0.717, 1.165) is 37.8 Å². The predicted octanol–water partition coefficient (Wildman–Crippen LogP) is 1.12. The third-order valence-electron chi connectivity index (χ3n) is 3.68. The van der Waals surface area contributed by atoms with Crippen molar-refractivity contribution < 1.29 is 4.74 Å². The van der Waals surface area contributed by atoms with E-state index in [1.54, 1.807) is 0 Å². The Morgan fingerprint density at radius 3 is 2.72 bits per heavy atom. The minimum Gasteiger partial charge on any atom is -0.376 e. The van der Waals surface area contributed by atoms with Crippen molar-refractivity contribution in [2.75, 3.05) is 39.3 Å². The molecule has 0 radical (unpaired) electrons. The van der Waals surface area contributed by atoms with Crippen molar-refractivity contribution >= 4 is 17.3 Å². The summed E-state index contributed by atoms with van der Waals surface area (Å²) in [5.41, 5.74) is 0. The summed E-state index contributed by atoms with van der Waals surface area (Å²) in [6.45, 7) is 6.28. The summed E-state index contributed by atoms with van der Waals surface area (Å²) in [4.78, 5) is 2.51. The SMILES string of the molecule is S=C(NCCN1CCCCC1)NC[C@H]1CCCO1. The van der Waals surface area contributed by atoms with Crippen LogP contribution in [0.25, 0.3) is 0 Å². The Morgan fingerprint density at radius 1 is 1.17 bits per heavy atom. The fourth-order valence-electron chi connectivity index (χ4n) is 2.58. The lowest BCUT2D eigenvalue weighted by Crippen LogP contribution is -2.43. The zero-order valence-electron chi connectivity index (χ0n) is 11.1. The Morgan fingerprint density at radius 2 is 2.00 bits per heavy atom. The van der Waals surface area contributed by atoms with Gasteiger partial charge in [-0.3, -0.25) is 0 Å². The number of nitrogens with one attached hydrogen (secondary N) is 2. The van der Waals surface area contributed by atoms with Gasteiger partial charge >= 0.3 is 0 Å². The number of thiocarbonyl (C=S) groups is 1. The van der Waals surface area contributed by atoms with E-state index < -0.39 is 0 Å². The molecule has 0 aromatic carbocycles. The van der Waals surface area contributed by atoms with E-state index in [0.29, 0.717) is 6.10 Å². The molecule has 0 aliphatic carbocycles. The lowest BCUT2D eigenvalue weighted by Gasteiger charge is -2.26. The average molecular weight is 271 g/mol. The minimum absolute atomic E-state index is 0.354. The van der Waals surface area contributed by atoms with Gasteiger partial charge in [0.25, 0.3) is 0 Å². The Bertz CT molecular complexity index is 251. The zero-order chi connectivity index (χ0) is 12.6. The summed E-state index contributed by atoms with van der Waals surface area (Å²) in [6.07, 6.45) is 6.78. The number of piperidine rings is 1. The Labute approximate surface area is 115 Å². The van der Waals surface area contributed by atoms with Crippen LogP contribution in [0.15, 0.2) is 0 Å². The van der Waals surface area contributed by atoms with Gasteiger partial charge in [0.2, 0.25) is 0 Å². The quantitative estimate of drug-likeness (QED) is 0.733. The summed E-state index contributed by atoms with van der Waals surface area (Å²) in [5, 5.41) is 7.28. The second kappa shape index (κ2) is 7.92. The first-order chi connectivity index (χ1) is 8.84. The number of nitrogens with zero attached hydrogens (tertiary/aromatic N) is 1. The summed E-state index contributed by atoms with van der Waals surface area (Å²) < 4.78 is 5.54. The molecular weight excluding hydrogens is 246 g/mol. The van der Waals surface area contributed by atoms with Crippen LogP contribution in [0.4, 0.5) is 0 Å². The predicted molar refractivity (Wildman–Crippen MR) is 77.9 cm³/mol. The maximum absolute atomic E-state index is 5.54. The van der Waals surface area contributed by atoms with Crippen LogP contribution in [-0.4, -0.2) is 55.4 Å². The maximum atomic E-state index is 5.54. The van der Waals surface area contributed by atoms with Gasteiger partial charge in [-0.05, 0) is 51.0 Å². The molecule has 2 saturated heterocycles. The monoisotopic (exact) mass is 271 g/mol. The fourth-order valence-corrected chi connectivity index (χ4v) is 2.77. The van der Waals surface area contributed by atoms with Gasteiger partial charge in [-0.15, -0.1) is 0 Å². The van der Waals surface area contributed by atoms with Crippen LogP contribution in [0.3, 0.4) is 0 Å². The van der Waals surface area contributed by atoms with E-state index in [4.69, 9.17) is 17.0 Å². The van der Waals surface area contributed by atoms with Gasteiger partial charge in [-0.2, -0.15) is 0 Å². The molecule has 1 atom stereocenters. The summed E-state index contributed by atoms with van der Waals surface area (Å²) in [6, 6.07) is 0. The third kappa shape index (κ3) is 5.08. The highest BCUT2D eigenvalue weighted by atomic mass is 32.1. The van der Waals surface area contributed by atoms with Crippen LogP contribution in [0.5, 0.6) is 0 Å². The highest BCUT2D eigenvalue weighted by Gasteiger charge is 2.15. The van der Waals surface area contributed by atoms with Crippen molar-refractivity contribution in [2.24, 2.45) is 0 Å². The van der Waals surface area contributed by atoms with E-state index >= 15 is 0 Å². The second-order valence-corrected chi connectivity index (χ2v) is 5.58. The number of ether oxygens (including phenoxy) is 1. The molecule has 104 valence electrons. The smallest absolute Gasteiger partial charge is 0.166 e. The molecule has 0 spiro atoms. The van der Waals surface area contributed by atoms with E-state index in [-0.39, 0.29) is 0 Å². The van der Waals surface area contributed by atoms with Crippen molar-refractivity contribution in [3.63, 3.8) is 0 Å². The standard InChI is InChI=1S/C13H25N3OS/c18-13(15-11-12-5-4-10-17-12)14-6-9-16-7-2-1-3-8-16/h12H,1-11H2,(H2,14,15,18)/t12-/m1/s1. The largest absolute Gasteiger partial charge is 0.376 e. The second-order valence-electron chi connectivity index (χ2n) is 5.17. The van der Waals surface area contributed by atoms with Crippen LogP contribution >= 0.6 is 12.2 Å². The molecule has 2 rings (SSSR count). The van der Waals surface area contributed by atoms with E-state index in [1.165, 1.54) is 38.8 Å². The lowest BCUT2D eigenvalue weighted by molar-refractivity contribution is 0.114. The van der Waals surface area contributed by atoms with Gasteiger partial charge in [-0.1, -0.05) is 6.42 Å². The molecule has 0 amide bonds. The van der Waals surface area contributed by atoms with Crippen molar-refractivity contribution in [1.82, 2.24) is 15.5 Å². The van der Waals surface area contributed by atoms with Crippen LogP contribution in [-0.2, 0) is 4.74 Å². The van der Waals surface area contributed by atoms with Gasteiger partial charge in [0.05, 0.1) is 6.10 Å². The van der Waals surface area contributed by atoms with Gasteiger partial charge in [0.1, 0.15) is 0 Å². The number of likely N-dealkylation sites (tertiary alicyclic amines) is 1.